The molecule has 0 radical (unpaired) electrons. The Hall–Kier alpha value is -3.28. The third kappa shape index (κ3) is 4.10. The molecule has 0 aliphatic heterocycles. The highest BCUT2D eigenvalue weighted by Crippen LogP contribution is 2.11. The van der Waals surface area contributed by atoms with E-state index in [1.807, 2.05) is 24.3 Å². The number of carbonyl (C=O) groups is 1. The van der Waals surface area contributed by atoms with E-state index in [2.05, 4.69) is 25.6 Å². The fourth-order valence-corrected chi connectivity index (χ4v) is 1.95. The number of amides is 1. The second-order valence-corrected chi connectivity index (χ2v) is 4.80. The summed E-state index contributed by atoms with van der Waals surface area (Å²) in [4.78, 5) is 24.4. The van der Waals surface area contributed by atoms with Crippen LogP contribution in [0.25, 0.3) is 0 Å². The van der Waals surface area contributed by atoms with Crippen molar-refractivity contribution in [3.8, 4) is 0 Å². The van der Waals surface area contributed by atoms with Crippen LogP contribution in [0.3, 0.4) is 0 Å². The number of aromatic nitrogens is 3. The standard InChI is InChI=1S/C17H15N5O/c23-17(13-4-3-8-18-10-13)22-16-7-6-15(12-21-16)20-11-14-5-1-2-9-19-14/h1-10,12,20H,11H2,(H,21,22,23). The van der Waals surface area contributed by atoms with Gasteiger partial charge in [0, 0.05) is 18.6 Å². The molecular formula is C17H15N5O. The monoisotopic (exact) mass is 305 g/mol. The molecule has 3 aromatic rings. The summed E-state index contributed by atoms with van der Waals surface area (Å²) < 4.78 is 0. The highest BCUT2D eigenvalue weighted by atomic mass is 16.1. The summed E-state index contributed by atoms with van der Waals surface area (Å²) in [5, 5.41) is 5.95. The van der Waals surface area contributed by atoms with Gasteiger partial charge in [-0.2, -0.15) is 0 Å². The van der Waals surface area contributed by atoms with Gasteiger partial charge < -0.3 is 10.6 Å². The lowest BCUT2D eigenvalue weighted by Crippen LogP contribution is -2.13. The number of hydrogen-bond acceptors (Lipinski definition) is 5. The Morgan fingerprint density at radius 1 is 0.957 bits per heavy atom. The first-order chi connectivity index (χ1) is 11.3. The van der Waals surface area contributed by atoms with Crippen LogP contribution < -0.4 is 10.6 Å². The Bertz CT molecular complexity index is 760. The Morgan fingerprint density at radius 3 is 2.61 bits per heavy atom. The van der Waals surface area contributed by atoms with E-state index >= 15 is 0 Å². The van der Waals surface area contributed by atoms with Gasteiger partial charge in [-0.3, -0.25) is 14.8 Å². The van der Waals surface area contributed by atoms with Crippen molar-refractivity contribution in [2.24, 2.45) is 0 Å². The van der Waals surface area contributed by atoms with E-state index in [-0.39, 0.29) is 5.91 Å². The molecular weight excluding hydrogens is 290 g/mol. The summed E-state index contributed by atoms with van der Waals surface area (Å²) in [5.74, 6) is 0.252. The maximum Gasteiger partial charge on any atom is 0.258 e. The first-order valence-electron chi connectivity index (χ1n) is 7.12. The van der Waals surface area contributed by atoms with E-state index in [4.69, 9.17) is 0 Å². The molecule has 3 heterocycles. The zero-order chi connectivity index (χ0) is 15.9. The molecule has 0 unspecified atom stereocenters. The van der Waals surface area contributed by atoms with Crippen molar-refractivity contribution in [3.05, 3.63) is 78.5 Å². The number of rotatable bonds is 5. The third-order valence-electron chi connectivity index (χ3n) is 3.13. The molecule has 3 rings (SSSR count). The van der Waals surface area contributed by atoms with E-state index in [1.54, 1.807) is 36.8 Å². The summed E-state index contributed by atoms with van der Waals surface area (Å²) in [6, 6.07) is 12.8. The molecule has 0 aliphatic rings. The number of anilines is 2. The Kier molecular flexibility index (Phi) is 4.54. The van der Waals surface area contributed by atoms with E-state index in [9.17, 15) is 4.79 Å². The molecule has 2 N–H and O–H groups in total. The fraction of sp³-hybridized carbons (Fsp3) is 0.0588. The molecule has 114 valence electrons. The van der Waals surface area contributed by atoms with Crippen molar-refractivity contribution < 1.29 is 4.79 Å². The first kappa shape index (κ1) is 14.6. The molecule has 0 spiro atoms. The van der Waals surface area contributed by atoms with Crippen LogP contribution in [0, 0.1) is 0 Å². The molecule has 0 saturated carbocycles. The third-order valence-corrected chi connectivity index (χ3v) is 3.13. The first-order valence-corrected chi connectivity index (χ1v) is 7.12. The molecule has 0 fully saturated rings. The molecule has 0 saturated heterocycles. The van der Waals surface area contributed by atoms with Crippen LogP contribution in [0.4, 0.5) is 11.5 Å². The van der Waals surface area contributed by atoms with Crippen molar-refractivity contribution in [1.29, 1.82) is 0 Å². The topological polar surface area (TPSA) is 79.8 Å². The van der Waals surface area contributed by atoms with Gasteiger partial charge in [-0.25, -0.2) is 4.98 Å². The van der Waals surface area contributed by atoms with Crippen LogP contribution >= 0.6 is 0 Å². The lowest BCUT2D eigenvalue weighted by atomic mass is 10.2. The molecule has 3 aromatic heterocycles. The lowest BCUT2D eigenvalue weighted by molar-refractivity contribution is 0.102. The second kappa shape index (κ2) is 7.13. The van der Waals surface area contributed by atoms with Gasteiger partial charge in [0.05, 0.1) is 29.7 Å². The molecule has 6 heteroatoms. The predicted molar refractivity (Wildman–Crippen MR) is 88.0 cm³/mol. The number of nitrogens with zero attached hydrogens (tertiary/aromatic N) is 3. The normalized spacial score (nSPS) is 10.1. The highest BCUT2D eigenvalue weighted by molar-refractivity contribution is 6.03. The molecule has 0 bridgehead atoms. The lowest BCUT2D eigenvalue weighted by Gasteiger charge is -2.07. The van der Waals surface area contributed by atoms with E-state index < -0.39 is 0 Å². The quantitative estimate of drug-likeness (QED) is 0.757. The van der Waals surface area contributed by atoms with Crippen LogP contribution in [0.5, 0.6) is 0 Å². The van der Waals surface area contributed by atoms with Gasteiger partial charge in [0.1, 0.15) is 5.82 Å². The van der Waals surface area contributed by atoms with Gasteiger partial charge >= 0.3 is 0 Å². The van der Waals surface area contributed by atoms with E-state index in [1.165, 1.54) is 6.20 Å². The highest BCUT2D eigenvalue weighted by Gasteiger charge is 2.06. The number of pyridine rings is 3. The average molecular weight is 305 g/mol. The maximum absolute atomic E-state index is 12.0. The molecule has 0 aliphatic carbocycles. The van der Waals surface area contributed by atoms with Crippen molar-refractivity contribution >= 4 is 17.4 Å². The summed E-state index contributed by atoms with van der Waals surface area (Å²) in [5.41, 5.74) is 2.29. The minimum atomic E-state index is -0.236. The van der Waals surface area contributed by atoms with Crippen molar-refractivity contribution in [3.63, 3.8) is 0 Å². The van der Waals surface area contributed by atoms with Gasteiger partial charge in [-0.05, 0) is 36.4 Å². The number of hydrogen-bond donors (Lipinski definition) is 2. The van der Waals surface area contributed by atoms with Gasteiger partial charge in [0.15, 0.2) is 0 Å². The van der Waals surface area contributed by atoms with Crippen molar-refractivity contribution in [2.45, 2.75) is 6.54 Å². The largest absolute Gasteiger partial charge is 0.378 e. The summed E-state index contributed by atoms with van der Waals surface area (Å²) >= 11 is 0. The minimum Gasteiger partial charge on any atom is -0.378 e. The molecule has 6 nitrogen and oxygen atoms in total. The molecule has 0 atom stereocenters. The fourth-order valence-electron chi connectivity index (χ4n) is 1.95. The van der Waals surface area contributed by atoms with Crippen LogP contribution in [0.15, 0.2) is 67.3 Å². The Labute approximate surface area is 133 Å². The predicted octanol–water partition coefficient (Wildman–Crippen LogP) is 2.74. The number of carbonyl (C=O) groups excluding carboxylic acids is 1. The molecule has 1 amide bonds. The summed E-state index contributed by atoms with van der Waals surface area (Å²) in [6.07, 6.45) is 6.56. The maximum atomic E-state index is 12.0. The van der Waals surface area contributed by atoms with Crippen LogP contribution in [-0.4, -0.2) is 20.9 Å². The van der Waals surface area contributed by atoms with Crippen molar-refractivity contribution in [1.82, 2.24) is 15.0 Å². The zero-order valence-electron chi connectivity index (χ0n) is 12.3. The minimum absolute atomic E-state index is 0.236. The SMILES string of the molecule is O=C(Nc1ccc(NCc2ccccn2)cn1)c1cccnc1. The van der Waals surface area contributed by atoms with Crippen LogP contribution in [-0.2, 0) is 6.54 Å². The van der Waals surface area contributed by atoms with Gasteiger partial charge in [-0.1, -0.05) is 6.07 Å². The second-order valence-electron chi connectivity index (χ2n) is 4.80. The molecule has 0 aromatic carbocycles. The number of nitrogens with one attached hydrogen (secondary N) is 2. The van der Waals surface area contributed by atoms with Crippen LogP contribution in [0.2, 0.25) is 0 Å². The smallest absolute Gasteiger partial charge is 0.258 e. The van der Waals surface area contributed by atoms with Crippen LogP contribution in [0.1, 0.15) is 16.1 Å². The Balaban J connectivity index is 1.58. The Morgan fingerprint density at radius 2 is 1.91 bits per heavy atom. The van der Waals surface area contributed by atoms with Gasteiger partial charge in [-0.15, -0.1) is 0 Å². The van der Waals surface area contributed by atoms with E-state index in [0.717, 1.165) is 11.4 Å². The zero-order valence-corrected chi connectivity index (χ0v) is 12.3. The average Bonchev–Trinajstić information content (AvgIpc) is 2.63. The van der Waals surface area contributed by atoms with E-state index in [0.29, 0.717) is 17.9 Å². The van der Waals surface area contributed by atoms with Crippen molar-refractivity contribution in [2.75, 3.05) is 10.6 Å². The van der Waals surface area contributed by atoms with Gasteiger partial charge in [0.2, 0.25) is 0 Å². The summed E-state index contributed by atoms with van der Waals surface area (Å²) in [7, 11) is 0. The summed E-state index contributed by atoms with van der Waals surface area (Å²) in [6.45, 7) is 0.615. The van der Waals surface area contributed by atoms with Gasteiger partial charge in [0.25, 0.3) is 5.91 Å². The molecule has 23 heavy (non-hydrogen) atoms.